The number of aromatic hydroxyl groups is 1. The Labute approximate surface area is 150 Å². The number of nitrogens with one attached hydrogen (secondary N) is 1. The molecule has 2 aromatic rings. The van der Waals surface area contributed by atoms with E-state index in [-0.39, 0.29) is 35.8 Å². The molecule has 1 heterocycles. The van der Waals surface area contributed by atoms with Gasteiger partial charge in [-0.2, -0.15) is 0 Å². The largest absolute Gasteiger partial charge is 0.508 e. The van der Waals surface area contributed by atoms with E-state index < -0.39 is 0 Å². The number of rotatable bonds is 5. The van der Waals surface area contributed by atoms with Crippen molar-refractivity contribution in [2.24, 2.45) is 0 Å². The third kappa shape index (κ3) is 5.35. The van der Waals surface area contributed by atoms with E-state index in [0.717, 1.165) is 4.88 Å². The number of hydrogen-bond acceptors (Lipinski definition) is 4. The molecule has 0 saturated carbocycles. The third-order valence-corrected chi connectivity index (χ3v) is 4.49. The van der Waals surface area contributed by atoms with Gasteiger partial charge in [-0.15, -0.1) is 11.3 Å². The molecule has 6 heteroatoms. The van der Waals surface area contributed by atoms with Crippen LogP contribution in [-0.4, -0.2) is 22.3 Å². The average molecular weight is 366 g/mol. The van der Waals surface area contributed by atoms with E-state index in [1.165, 1.54) is 17.4 Å². The van der Waals surface area contributed by atoms with E-state index in [1.807, 2.05) is 20.8 Å². The van der Waals surface area contributed by atoms with Gasteiger partial charge in [-0.1, -0.05) is 11.6 Å². The minimum atomic E-state index is -0.304. The second-order valence-electron chi connectivity index (χ2n) is 6.64. The predicted octanol–water partition coefficient (Wildman–Crippen LogP) is 3.99. The van der Waals surface area contributed by atoms with Crippen molar-refractivity contribution in [3.8, 4) is 5.75 Å². The van der Waals surface area contributed by atoms with Crippen molar-refractivity contribution in [2.75, 3.05) is 0 Å². The van der Waals surface area contributed by atoms with Gasteiger partial charge in [0.25, 0.3) is 5.91 Å². The van der Waals surface area contributed by atoms with Gasteiger partial charge in [-0.3, -0.25) is 9.59 Å². The first-order valence-corrected chi connectivity index (χ1v) is 8.74. The molecule has 128 valence electrons. The molecular formula is C18H20ClNO3S. The first-order chi connectivity index (χ1) is 11.1. The van der Waals surface area contributed by atoms with Crippen LogP contribution in [0, 0.1) is 0 Å². The van der Waals surface area contributed by atoms with Crippen LogP contribution < -0.4 is 5.32 Å². The SMILES string of the molecule is CC(C)(C)NC(=O)c1ccc(CC(=O)Cc2cc(Cl)ccc2O)s1. The lowest BCUT2D eigenvalue weighted by Gasteiger charge is -2.19. The summed E-state index contributed by atoms with van der Waals surface area (Å²) < 4.78 is 0. The molecule has 0 fully saturated rings. The van der Waals surface area contributed by atoms with Gasteiger partial charge in [0.2, 0.25) is 0 Å². The highest BCUT2D eigenvalue weighted by Crippen LogP contribution is 2.23. The summed E-state index contributed by atoms with van der Waals surface area (Å²) in [7, 11) is 0. The molecule has 2 N–H and O–H groups in total. The molecule has 4 nitrogen and oxygen atoms in total. The topological polar surface area (TPSA) is 66.4 Å². The lowest BCUT2D eigenvalue weighted by atomic mass is 10.1. The normalized spacial score (nSPS) is 11.3. The Morgan fingerprint density at radius 3 is 2.54 bits per heavy atom. The van der Waals surface area contributed by atoms with Gasteiger partial charge in [0.1, 0.15) is 11.5 Å². The van der Waals surface area contributed by atoms with Gasteiger partial charge in [0, 0.05) is 33.8 Å². The smallest absolute Gasteiger partial charge is 0.261 e. The molecule has 0 bridgehead atoms. The Bertz CT molecular complexity index is 762. The third-order valence-electron chi connectivity index (χ3n) is 3.17. The summed E-state index contributed by atoms with van der Waals surface area (Å²) in [5.74, 6) is -0.125. The number of carbonyl (C=O) groups is 2. The van der Waals surface area contributed by atoms with Gasteiger partial charge < -0.3 is 10.4 Å². The van der Waals surface area contributed by atoms with Crippen LogP contribution in [0.1, 0.15) is 40.9 Å². The van der Waals surface area contributed by atoms with E-state index in [4.69, 9.17) is 11.6 Å². The molecule has 0 unspecified atom stereocenters. The van der Waals surface area contributed by atoms with E-state index in [9.17, 15) is 14.7 Å². The van der Waals surface area contributed by atoms with Crippen molar-refractivity contribution >= 4 is 34.6 Å². The van der Waals surface area contributed by atoms with Crippen LogP contribution in [0.3, 0.4) is 0 Å². The molecule has 1 aromatic heterocycles. The van der Waals surface area contributed by atoms with Crippen molar-refractivity contribution in [3.05, 3.63) is 50.7 Å². The molecule has 0 spiro atoms. The van der Waals surface area contributed by atoms with Crippen LogP contribution in [0.4, 0.5) is 0 Å². The lowest BCUT2D eigenvalue weighted by molar-refractivity contribution is -0.117. The number of carbonyl (C=O) groups excluding carboxylic acids is 2. The quantitative estimate of drug-likeness (QED) is 0.841. The maximum Gasteiger partial charge on any atom is 0.261 e. The highest BCUT2D eigenvalue weighted by atomic mass is 35.5. The standard InChI is InChI=1S/C18H20ClNO3S/c1-18(2,3)20-17(23)16-7-5-14(24-16)10-13(21)9-11-8-12(19)4-6-15(11)22/h4-8,22H,9-10H2,1-3H3,(H,20,23). The molecule has 0 saturated heterocycles. The van der Waals surface area contributed by atoms with Crippen molar-refractivity contribution < 1.29 is 14.7 Å². The zero-order valence-corrected chi connectivity index (χ0v) is 15.4. The Kier molecular flexibility index (Phi) is 5.67. The van der Waals surface area contributed by atoms with Crippen molar-refractivity contribution in [2.45, 2.75) is 39.2 Å². The maximum atomic E-state index is 12.2. The second-order valence-corrected chi connectivity index (χ2v) is 8.24. The molecule has 0 aliphatic carbocycles. The Hall–Kier alpha value is -1.85. The maximum absolute atomic E-state index is 12.2. The van der Waals surface area contributed by atoms with E-state index in [1.54, 1.807) is 24.3 Å². The van der Waals surface area contributed by atoms with Gasteiger partial charge in [-0.25, -0.2) is 0 Å². The van der Waals surface area contributed by atoms with Gasteiger partial charge in [-0.05, 0) is 51.1 Å². The zero-order valence-electron chi connectivity index (χ0n) is 13.9. The fraction of sp³-hybridized carbons (Fsp3) is 0.333. The van der Waals surface area contributed by atoms with Crippen molar-refractivity contribution in [1.82, 2.24) is 5.32 Å². The Morgan fingerprint density at radius 2 is 1.88 bits per heavy atom. The van der Waals surface area contributed by atoms with Crippen LogP contribution in [0.5, 0.6) is 5.75 Å². The summed E-state index contributed by atoms with van der Waals surface area (Å²) in [6.07, 6.45) is 0.327. The number of Topliss-reactive ketones (excluding diaryl/α,β-unsaturated/α-hetero) is 1. The van der Waals surface area contributed by atoms with Crippen LogP contribution in [0.25, 0.3) is 0 Å². The first kappa shape index (κ1) is 18.5. The van der Waals surface area contributed by atoms with Crippen LogP contribution in [0.2, 0.25) is 5.02 Å². The number of hydrogen-bond donors (Lipinski definition) is 2. The fourth-order valence-electron chi connectivity index (χ4n) is 2.16. The molecule has 2 rings (SSSR count). The molecule has 1 aromatic carbocycles. The van der Waals surface area contributed by atoms with Crippen molar-refractivity contribution in [1.29, 1.82) is 0 Å². The predicted molar refractivity (Wildman–Crippen MR) is 97.1 cm³/mol. The summed E-state index contributed by atoms with van der Waals surface area (Å²) >= 11 is 7.19. The monoisotopic (exact) mass is 365 g/mol. The minimum absolute atomic E-state index is 0.0443. The van der Waals surface area contributed by atoms with E-state index in [2.05, 4.69) is 5.32 Å². The number of benzene rings is 1. The highest BCUT2D eigenvalue weighted by molar-refractivity contribution is 7.14. The second kappa shape index (κ2) is 7.36. The fourth-order valence-corrected chi connectivity index (χ4v) is 3.29. The number of phenolic OH excluding ortho intramolecular Hbond substituents is 1. The minimum Gasteiger partial charge on any atom is -0.508 e. The molecule has 0 aliphatic rings. The summed E-state index contributed by atoms with van der Waals surface area (Å²) in [5.41, 5.74) is 0.205. The summed E-state index contributed by atoms with van der Waals surface area (Å²) in [6.45, 7) is 5.75. The number of thiophene rings is 1. The van der Waals surface area contributed by atoms with Gasteiger partial charge >= 0.3 is 0 Å². The molecule has 0 radical (unpaired) electrons. The van der Waals surface area contributed by atoms with E-state index >= 15 is 0 Å². The van der Waals surface area contributed by atoms with Crippen LogP contribution in [-0.2, 0) is 17.6 Å². The highest BCUT2D eigenvalue weighted by Gasteiger charge is 2.18. The number of ketones is 1. The summed E-state index contributed by atoms with van der Waals surface area (Å²) in [4.78, 5) is 25.7. The number of phenols is 1. The Morgan fingerprint density at radius 1 is 1.17 bits per heavy atom. The van der Waals surface area contributed by atoms with Gasteiger partial charge in [0.05, 0.1) is 4.88 Å². The van der Waals surface area contributed by atoms with Crippen molar-refractivity contribution in [3.63, 3.8) is 0 Å². The van der Waals surface area contributed by atoms with Gasteiger partial charge in [0.15, 0.2) is 0 Å². The van der Waals surface area contributed by atoms with E-state index in [0.29, 0.717) is 15.5 Å². The Balaban J connectivity index is 2.00. The summed E-state index contributed by atoms with van der Waals surface area (Å²) in [6, 6.07) is 8.16. The summed E-state index contributed by atoms with van der Waals surface area (Å²) in [5, 5.41) is 13.1. The number of halogens is 1. The number of amides is 1. The molecule has 24 heavy (non-hydrogen) atoms. The molecular weight excluding hydrogens is 346 g/mol. The molecule has 0 atom stereocenters. The average Bonchev–Trinajstić information content (AvgIpc) is 2.89. The van der Waals surface area contributed by atoms with Crippen LogP contribution >= 0.6 is 22.9 Å². The molecule has 1 amide bonds. The van der Waals surface area contributed by atoms with Crippen LogP contribution in [0.15, 0.2) is 30.3 Å². The zero-order chi connectivity index (χ0) is 17.9. The lowest BCUT2D eigenvalue weighted by Crippen LogP contribution is -2.40. The molecule has 0 aliphatic heterocycles. The first-order valence-electron chi connectivity index (χ1n) is 7.54.